The number of rotatable bonds is 7. The van der Waals surface area contributed by atoms with Gasteiger partial charge < -0.3 is 15.1 Å². The van der Waals surface area contributed by atoms with E-state index in [1.54, 1.807) is 12.3 Å². The van der Waals surface area contributed by atoms with Crippen LogP contribution in [0.4, 0.5) is 0 Å². The molecule has 1 fully saturated rings. The van der Waals surface area contributed by atoms with Gasteiger partial charge >= 0.3 is 0 Å². The topological polar surface area (TPSA) is 74.6 Å². The van der Waals surface area contributed by atoms with E-state index in [0.717, 1.165) is 18.8 Å². The van der Waals surface area contributed by atoms with E-state index in [4.69, 9.17) is 4.42 Å². The molecule has 0 bridgehead atoms. The van der Waals surface area contributed by atoms with Gasteiger partial charge in [-0.2, -0.15) is 0 Å². The number of amides is 2. The highest BCUT2D eigenvalue weighted by molar-refractivity contribution is 7.12. The number of thiophene rings is 1. The third kappa shape index (κ3) is 4.24. The van der Waals surface area contributed by atoms with E-state index in [1.807, 2.05) is 23.6 Å². The second kappa shape index (κ2) is 8.12. The number of hydrogen-bond donors (Lipinski definition) is 2. The smallest absolute Gasteiger partial charge is 0.261 e. The van der Waals surface area contributed by atoms with Gasteiger partial charge in [-0.05, 0) is 49.5 Å². The van der Waals surface area contributed by atoms with E-state index in [2.05, 4.69) is 15.5 Å². The SMILES string of the molecule is O=C(CNC(=O)c1cccs1)NC[C@H](c1ccco1)N1CCCC1. The van der Waals surface area contributed by atoms with Crippen LogP contribution in [0.15, 0.2) is 40.3 Å². The second-order valence-corrected chi connectivity index (χ2v) is 6.69. The van der Waals surface area contributed by atoms with E-state index in [-0.39, 0.29) is 24.4 Å². The van der Waals surface area contributed by atoms with Crippen molar-refractivity contribution in [3.63, 3.8) is 0 Å². The standard InChI is InChI=1S/C17H21N3O3S/c21-16(12-19-17(22)15-6-4-10-24-15)18-11-13(14-5-3-9-23-14)20-7-1-2-8-20/h3-6,9-10,13H,1-2,7-8,11-12H2,(H,18,21)(H,19,22)/t13-/m1/s1. The Balaban J connectivity index is 1.49. The molecule has 24 heavy (non-hydrogen) atoms. The summed E-state index contributed by atoms with van der Waals surface area (Å²) in [5, 5.41) is 7.36. The first-order valence-electron chi connectivity index (χ1n) is 8.10. The van der Waals surface area contributed by atoms with Crippen LogP contribution in [-0.2, 0) is 4.79 Å². The maximum absolute atomic E-state index is 12.0. The quantitative estimate of drug-likeness (QED) is 0.804. The molecule has 1 aliphatic rings. The molecule has 0 aromatic carbocycles. The predicted octanol–water partition coefficient (Wildman–Crippen LogP) is 2.02. The summed E-state index contributed by atoms with van der Waals surface area (Å²) in [6, 6.07) is 7.39. The Morgan fingerprint density at radius 3 is 2.71 bits per heavy atom. The molecule has 2 amide bonds. The number of nitrogens with one attached hydrogen (secondary N) is 2. The molecular formula is C17H21N3O3S. The van der Waals surface area contributed by atoms with Crippen molar-refractivity contribution < 1.29 is 14.0 Å². The molecule has 0 spiro atoms. The van der Waals surface area contributed by atoms with Gasteiger partial charge in [0.15, 0.2) is 0 Å². The Kier molecular flexibility index (Phi) is 5.66. The summed E-state index contributed by atoms with van der Waals surface area (Å²) in [6.45, 7) is 2.47. The Hall–Kier alpha value is -2.12. The molecule has 7 heteroatoms. The fraction of sp³-hybridized carbons (Fsp3) is 0.412. The number of carbonyl (C=O) groups excluding carboxylic acids is 2. The van der Waals surface area contributed by atoms with Crippen molar-refractivity contribution in [2.45, 2.75) is 18.9 Å². The molecule has 6 nitrogen and oxygen atoms in total. The lowest BCUT2D eigenvalue weighted by molar-refractivity contribution is -0.120. The van der Waals surface area contributed by atoms with E-state index in [1.165, 1.54) is 24.2 Å². The molecule has 1 aliphatic heterocycles. The van der Waals surface area contributed by atoms with Crippen LogP contribution in [0.2, 0.25) is 0 Å². The molecule has 2 N–H and O–H groups in total. The normalized spacial score (nSPS) is 16.0. The van der Waals surface area contributed by atoms with Gasteiger partial charge in [-0.25, -0.2) is 0 Å². The van der Waals surface area contributed by atoms with Crippen LogP contribution in [0.25, 0.3) is 0 Å². The average molecular weight is 347 g/mol. The first-order chi connectivity index (χ1) is 11.7. The Morgan fingerprint density at radius 2 is 2.04 bits per heavy atom. The van der Waals surface area contributed by atoms with Gasteiger partial charge in [-0.3, -0.25) is 14.5 Å². The fourth-order valence-electron chi connectivity index (χ4n) is 2.87. The lowest BCUT2D eigenvalue weighted by Crippen LogP contribution is -2.41. The van der Waals surface area contributed by atoms with Gasteiger partial charge in [0.1, 0.15) is 5.76 Å². The highest BCUT2D eigenvalue weighted by Gasteiger charge is 2.25. The molecule has 1 saturated heterocycles. The zero-order chi connectivity index (χ0) is 16.8. The number of likely N-dealkylation sites (tertiary alicyclic amines) is 1. The third-order valence-electron chi connectivity index (χ3n) is 4.10. The van der Waals surface area contributed by atoms with Gasteiger partial charge in [0, 0.05) is 6.54 Å². The Bertz CT molecular complexity index is 649. The molecular weight excluding hydrogens is 326 g/mol. The summed E-state index contributed by atoms with van der Waals surface area (Å²) < 4.78 is 5.53. The monoisotopic (exact) mass is 347 g/mol. The first-order valence-corrected chi connectivity index (χ1v) is 8.98. The van der Waals surface area contributed by atoms with E-state index in [9.17, 15) is 9.59 Å². The largest absolute Gasteiger partial charge is 0.468 e. The molecule has 0 saturated carbocycles. The van der Waals surface area contributed by atoms with Crippen LogP contribution >= 0.6 is 11.3 Å². The Morgan fingerprint density at radius 1 is 1.21 bits per heavy atom. The summed E-state index contributed by atoms with van der Waals surface area (Å²) in [4.78, 5) is 26.8. The maximum atomic E-state index is 12.0. The second-order valence-electron chi connectivity index (χ2n) is 5.74. The molecule has 3 heterocycles. The summed E-state index contributed by atoms with van der Waals surface area (Å²) in [7, 11) is 0. The van der Waals surface area contributed by atoms with Crippen LogP contribution in [0.1, 0.15) is 34.3 Å². The fourth-order valence-corrected chi connectivity index (χ4v) is 3.51. The summed E-state index contributed by atoms with van der Waals surface area (Å²) in [5.41, 5.74) is 0. The molecule has 0 aliphatic carbocycles. The minimum atomic E-state index is -0.220. The number of carbonyl (C=O) groups is 2. The lowest BCUT2D eigenvalue weighted by Gasteiger charge is -2.26. The number of nitrogens with zero attached hydrogens (tertiary/aromatic N) is 1. The zero-order valence-corrected chi connectivity index (χ0v) is 14.2. The van der Waals surface area contributed by atoms with Crippen LogP contribution < -0.4 is 10.6 Å². The van der Waals surface area contributed by atoms with Crippen molar-refractivity contribution in [3.05, 3.63) is 46.5 Å². The molecule has 128 valence electrons. The maximum Gasteiger partial charge on any atom is 0.261 e. The van der Waals surface area contributed by atoms with Crippen molar-refractivity contribution in [2.24, 2.45) is 0 Å². The van der Waals surface area contributed by atoms with E-state index < -0.39 is 0 Å². The highest BCUT2D eigenvalue weighted by Crippen LogP contribution is 2.24. The highest BCUT2D eigenvalue weighted by atomic mass is 32.1. The van der Waals surface area contributed by atoms with Gasteiger partial charge in [0.2, 0.25) is 5.91 Å². The minimum Gasteiger partial charge on any atom is -0.468 e. The van der Waals surface area contributed by atoms with E-state index in [0.29, 0.717) is 11.4 Å². The van der Waals surface area contributed by atoms with E-state index >= 15 is 0 Å². The summed E-state index contributed by atoms with van der Waals surface area (Å²) in [5.74, 6) is 0.442. The first kappa shape index (κ1) is 16.7. The van der Waals surface area contributed by atoms with Crippen molar-refractivity contribution in [1.82, 2.24) is 15.5 Å². The zero-order valence-electron chi connectivity index (χ0n) is 13.4. The van der Waals surface area contributed by atoms with Gasteiger partial charge in [0.25, 0.3) is 5.91 Å². The molecule has 0 radical (unpaired) electrons. The third-order valence-corrected chi connectivity index (χ3v) is 4.97. The van der Waals surface area contributed by atoms with Crippen molar-refractivity contribution in [2.75, 3.05) is 26.2 Å². The summed E-state index contributed by atoms with van der Waals surface area (Å²) in [6.07, 6.45) is 3.99. The molecule has 1 atom stereocenters. The predicted molar refractivity (Wildman–Crippen MR) is 91.9 cm³/mol. The Labute approximate surface area is 144 Å². The van der Waals surface area contributed by atoms with Crippen molar-refractivity contribution in [1.29, 1.82) is 0 Å². The molecule has 2 aromatic rings. The summed E-state index contributed by atoms with van der Waals surface area (Å²) >= 11 is 1.35. The number of furan rings is 1. The molecule has 3 rings (SSSR count). The lowest BCUT2D eigenvalue weighted by atomic mass is 10.2. The van der Waals surface area contributed by atoms with Gasteiger partial charge in [-0.15, -0.1) is 11.3 Å². The van der Waals surface area contributed by atoms with Crippen LogP contribution in [0, 0.1) is 0 Å². The molecule has 0 unspecified atom stereocenters. The van der Waals surface area contributed by atoms with Gasteiger partial charge in [-0.1, -0.05) is 6.07 Å². The van der Waals surface area contributed by atoms with Crippen LogP contribution in [0.3, 0.4) is 0 Å². The van der Waals surface area contributed by atoms with Crippen molar-refractivity contribution in [3.8, 4) is 0 Å². The molecule has 2 aromatic heterocycles. The number of hydrogen-bond acceptors (Lipinski definition) is 5. The van der Waals surface area contributed by atoms with Crippen molar-refractivity contribution >= 4 is 23.2 Å². The van der Waals surface area contributed by atoms with Crippen LogP contribution in [-0.4, -0.2) is 42.9 Å². The van der Waals surface area contributed by atoms with Gasteiger partial charge in [0.05, 0.1) is 23.7 Å². The minimum absolute atomic E-state index is 0.0262. The average Bonchev–Trinajstić information content (AvgIpc) is 3.35. The van der Waals surface area contributed by atoms with Crippen LogP contribution in [0.5, 0.6) is 0 Å².